The first-order valence-electron chi connectivity index (χ1n) is 5.77. The highest BCUT2D eigenvalue weighted by molar-refractivity contribution is 5.65. The molecular formula is C14H17N3O. The first kappa shape index (κ1) is 12.4. The predicted molar refractivity (Wildman–Crippen MR) is 73.2 cm³/mol. The number of methoxy groups -OCH3 is 1. The fourth-order valence-electron chi connectivity index (χ4n) is 1.85. The molecule has 0 aliphatic carbocycles. The Morgan fingerprint density at radius 1 is 1.33 bits per heavy atom. The fraction of sp³-hybridized carbons (Fsp3) is 0.214. The van der Waals surface area contributed by atoms with Gasteiger partial charge in [-0.25, -0.2) is 0 Å². The standard InChI is InChI=1S/C14H17N3O/c1-17(12-4-3-5-13(8-12)18-2)14-10-16-7-6-11(14)9-15/h3-8,10H,9,15H2,1-2H3. The number of nitrogens with two attached hydrogens (primary N) is 1. The lowest BCUT2D eigenvalue weighted by Gasteiger charge is -2.22. The minimum atomic E-state index is 0.492. The molecule has 4 nitrogen and oxygen atoms in total. The zero-order valence-electron chi connectivity index (χ0n) is 10.6. The summed E-state index contributed by atoms with van der Waals surface area (Å²) in [4.78, 5) is 6.21. The van der Waals surface area contributed by atoms with Crippen LogP contribution in [0.3, 0.4) is 0 Å². The molecule has 0 spiro atoms. The van der Waals surface area contributed by atoms with Crippen molar-refractivity contribution in [3.63, 3.8) is 0 Å². The summed E-state index contributed by atoms with van der Waals surface area (Å²) >= 11 is 0. The van der Waals surface area contributed by atoms with E-state index in [4.69, 9.17) is 10.5 Å². The van der Waals surface area contributed by atoms with Crippen molar-refractivity contribution in [2.45, 2.75) is 6.54 Å². The number of ether oxygens (including phenoxy) is 1. The van der Waals surface area contributed by atoms with Gasteiger partial charge in [0.05, 0.1) is 19.0 Å². The van der Waals surface area contributed by atoms with Crippen LogP contribution < -0.4 is 15.4 Å². The predicted octanol–water partition coefficient (Wildman–Crippen LogP) is 2.32. The van der Waals surface area contributed by atoms with E-state index in [2.05, 4.69) is 9.88 Å². The summed E-state index contributed by atoms with van der Waals surface area (Å²) < 4.78 is 5.23. The second-order valence-corrected chi connectivity index (χ2v) is 3.97. The molecule has 0 radical (unpaired) electrons. The summed E-state index contributed by atoms with van der Waals surface area (Å²) in [6.45, 7) is 0.492. The number of rotatable bonds is 4. The average molecular weight is 243 g/mol. The Bertz CT molecular complexity index is 528. The van der Waals surface area contributed by atoms with Crippen molar-refractivity contribution < 1.29 is 4.74 Å². The highest BCUT2D eigenvalue weighted by Gasteiger charge is 2.09. The maximum Gasteiger partial charge on any atom is 0.120 e. The summed E-state index contributed by atoms with van der Waals surface area (Å²) in [6.07, 6.45) is 3.58. The molecule has 0 saturated heterocycles. The minimum Gasteiger partial charge on any atom is -0.497 e. The van der Waals surface area contributed by atoms with Crippen molar-refractivity contribution in [1.29, 1.82) is 0 Å². The van der Waals surface area contributed by atoms with E-state index in [1.807, 2.05) is 43.6 Å². The molecule has 0 amide bonds. The van der Waals surface area contributed by atoms with E-state index in [1.54, 1.807) is 13.3 Å². The van der Waals surface area contributed by atoms with Crippen LogP contribution in [0.25, 0.3) is 0 Å². The third-order valence-electron chi connectivity index (χ3n) is 2.91. The molecule has 4 heteroatoms. The number of nitrogens with zero attached hydrogens (tertiary/aromatic N) is 2. The molecule has 0 bridgehead atoms. The van der Waals surface area contributed by atoms with Crippen LogP contribution in [0.2, 0.25) is 0 Å². The number of benzene rings is 1. The number of hydrogen-bond acceptors (Lipinski definition) is 4. The monoisotopic (exact) mass is 243 g/mol. The highest BCUT2D eigenvalue weighted by atomic mass is 16.5. The molecule has 18 heavy (non-hydrogen) atoms. The Balaban J connectivity index is 2.37. The van der Waals surface area contributed by atoms with Crippen LogP contribution in [0.1, 0.15) is 5.56 Å². The van der Waals surface area contributed by atoms with Crippen LogP contribution in [0.4, 0.5) is 11.4 Å². The van der Waals surface area contributed by atoms with E-state index in [1.165, 1.54) is 0 Å². The summed E-state index contributed by atoms with van der Waals surface area (Å²) in [6, 6.07) is 9.82. The molecule has 1 heterocycles. The minimum absolute atomic E-state index is 0.492. The van der Waals surface area contributed by atoms with Crippen molar-refractivity contribution in [3.8, 4) is 5.75 Å². The van der Waals surface area contributed by atoms with Gasteiger partial charge in [0, 0.05) is 31.5 Å². The molecule has 2 rings (SSSR count). The molecule has 94 valence electrons. The molecule has 1 aromatic heterocycles. The molecular weight excluding hydrogens is 226 g/mol. The molecule has 0 fully saturated rings. The van der Waals surface area contributed by atoms with E-state index in [0.29, 0.717) is 6.54 Å². The molecule has 0 aliphatic heterocycles. The summed E-state index contributed by atoms with van der Waals surface area (Å²) in [7, 11) is 3.65. The molecule has 0 unspecified atom stereocenters. The topological polar surface area (TPSA) is 51.4 Å². The van der Waals surface area contributed by atoms with Crippen molar-refractivity contribution >= 4 is 11.4 Å². The van der Waals surface area contributed by atoms with Gasteiger partial charge in [0.15, 0.2) is 0 Å². The van der Waals surface area contributed by atoms with Crippen molar-refractivity contribution in [1.82, 2.24) is 4.98 Å². The molecule has 1 aromatic carbocycles. The summed E-state index contributed by atoms with van der Waals surface area (Å²) in [5, 5.41) is 0. The number of aromatic nitrogens is 1. The average Bonchev–Trinajstić information content (AvgIpc) is 2.46. The molecule has 0 aliphatic rings. The van der Waals surface area contributed by atoms with Crippen LogP contribution in [0, 0.1) is 0 Å². The second kappa shape index (κ2) is 5.51. The number of anilines is 2. The van der Waals surface area contributed by atoms with Gasteiger partial charge in [-0.05, 0) is 23.8 Å². The van der Waals surface area contributed by atoms with Gasteiger partial charge in [-0.2, -0.15) is 0 Å². The largest absolute Gasteiger partial charge is 0.497 e. The van der Waals surface area contributed by atoms with Crippen LogP contribution in [-0.4, -0.2) is 19.1 Å². The second-order valence-electron chi connectivity index (χ2n) is 3.97. The maximum absolute atomic E-state index is 5.74. The van der Waals surface area contributed by atoms with Crippen molar-refractivity contribution in [2.24, 2.45) is 5.73 Å². The normalized spacial score (nSPS) is 10.2. The van der Waals surface area contributed by atoms with E-state index in [0.717, 1.165) is 22.7 Å². The Kier molecular flexibility index (Phi) is 3.79. The third kappa shape index (κ3) is 2.43. The van der Waals surface area contributed by atoms with E-state index >= 15 is 0 Å². The van der Waals surface area contributed by atoms with Gasteiger partial charge in [0.1, 0.15) is 5.75 Å². The molecule has 0 atom stereocenters. The number of hydrogen-bond donors (Lipinski definition) is 1. The van der Waals surface area contributed by atoms with E-state index in [9.17, 15) is 0 Å². The van der Waals surface area contributed by atoms with E-state index < -0.39 is 0 Å². The zero-order valence-corrected chi connectivity index (χ0v) is 10.6. The number of pyridine rings is 1. The van der Waals surface area contributed by atoms with Gasteiger partial charge >= 0.3 is 0 Å². The van der Waals surface area contributed by atoms with Gasteiger partial charge in [0.2, 0.25) is 0 Å². The van der Waals surface area contributed by atoms with Crippen LogP contribution >= 0.6 is 0 Å². The summed E-state index contributed by atoms with van der Waals surface area (Å²) in [5.74, 6) is 0.831. The fourth-order valence-corrected chi connectivity index (χ4v) is 1.85. The van der Waals surface area contributed by atoms with Crippen LogP contribution in [0.5, 0.6) is 5.75 Å². The quantitative estimate of drug-likeness (QED) is 0.895. The SMILES string of the molecule is COc1cccc(N(C)c2cnccc2CN)c1. The Labute approximate surface area is 107 Å². The van der Waals surface area contributed by atoms with Crippen molar-refractivity contribution in [3.05, 3.63) is 48.3 Å². The van der Waals surface area contributed by atoms with Gasteiger partial charge in [-0.15, -0.1) is 0 Å². The highest BCUT2D eigenvalue weighted by Crippen LogP contribution is 2.28. The van der Waals surface area contributed by atoms with Gasteiger partial charge < -0.3 is 15.4 Å². The van der Waals surface area contributed by atoms with Gasteiger partial charge in [-0.3, -0.25) is 4.98 Å². The first-order valence-corrected chi connectivity index (χ1v) is 5.77. The zero-order chi connectivity index (χ0) is 13.0. The molecule has 0 saturated carbocycles. The van der Waals surface area contributed by atoms with Crippen molar-refractivity contribution in [2.75, 3.05) is 19.1 Å². The third-order valence-corrected chi connectivity index (χ3v) is 2.91. The Hall–Kier alpha value is -2.07. The maximum atomic E-state index is 5.74. The Morgan fingerprint density at radius 3 is 2.89 bits per heavy atom. The first-order chi connectivity index (χ1) is 8.76. The lowest BCUT2D eigenvalue weighted by Crippen LogP contribution is -2.13. The lowest BCUT2D eigenvalue weighted by atomic mass is 10.2. The molecule has 2 aromatic rings. The van der Waals surface area contributed by atoms with Crippen LogP contribution in [0.15, 0.2) is 42.7 Å². The summed E-state index contributed by atoms with van der Waals surface area (Å²) in [5.41, 5.74) is 8.86. The molecule has 2 N–H and O–H groups in total. The Morgan fingerprint density at radius 2 is 2.17 bits per heavy atom. The smallest absolute Gasteiger partial charge is 0.120 e. The van der Waals surface area contributed by atoms with Crippen LogP contribution in [-0.2, 0) is 6.54 Å². The van der Waals surface area contributed by atoms with Gasteiger partial charge in [0.25, 0.3) is 0 Å². The van der Waals surface area contributed by atoms with E-state index in [-0.39, 0.29) is 0 Å². The lowest BCUT2D eigenvalue weighted by molar-refractivity contribution is 0.415. The van der Waals surface area contributed by atoms with Gasteiger partial charge in [-0.1, -0.05) is 6.07 Å².